The summed E-state index contributed by atoms with van der Waals surface area (Å²) in [5.74, 6) is -0.104. The summed E-state index contributed by atoms with van der Waals surface area (Å²) in [6.45, 7) is 2.45. The molecule has 0 aliphatic carbocycles. The van der Waals surface area contributed by atoms with Crippen LogP contribution in [0.2, 0.25) is 10.0 Å². The van der Waals surface area contributed by atoms with Crippen LogP contribution in [-0.4, -0.2) is 59.3 Å². The second-order valence-corrected chi connectivity index (χ2v) is 8.04. The highest BCUT2D eigenvalue weighted by molar-refractivity contribution is 6.35. The topological polar surface area (TPSA) is 95.8 Å². The zero-order chi connectivity index (χ0) is 22.4. The standard InChI is InChI=1S/C21H22Cl2N4O4/c22-16-12-15(13-17(23)14-16)21(29)26-10-8-25(9-11-26)20(28)2-1-7-24-18-3-5-19(6-4-18)27(30)31/h3-6,12-14,24H,1-2,7-11H2. The monoisotopic (exact) mass is 464 g/mol. The number of halogens is 2. The van der Waals surface area contributed by atoms with E-state index in [0.717, 1.165) is 5.69 Å². The molecule has 0 radical (unpaired) electrons. The number of rotatable bonds is 7. The van der Waals surface area contributed by atoms with Gasteiger partial charge in [0.25, 0.3) is 11.6 Å². The molecule has 2 aromatic rings. The number of nitrogens with zero attached hydrogens (tertiary/aromatic N) is 3. The molecular weight excluding hydrogens is 443 g/mol. The number of nitrogens with one attached hydrogen (secondary N) is 1. The number of non-ortho nitro benzene ring substituents is 1. The quantitative estimate of drug-likeness (QED) is 0.378. The van der Waals surface area contributed by atoms with Crippen molar-refractivity contribution in [3.05, 3.63) is 68.2 Å². The molecule has 0 spiro atoms. The first-order valence-corrected chi connectivity index (χ1v) is 10.6. The first kappa shape index (κ1) is 22.8. The summed E-state index contributed by atoms with van der Waals surface area (Å²) in [4.78, 5) is 38.8. The molecule has 3 rings (SSSR count). The number of benzene rings is 2. The number of nitro benzene ring substituents is 1. The Hall–Kier alpha value is -2.84. The van der Waals surface area contributed by atoms with E-state index in [2.05, 4.69) is 5.32 Å². The maximum Gasteiger partial charge on any atom is 0.269 e. The van der Waals surface area contributed by atoms with E-state index in [0.29, 0.717) is 61.2 Å². The van der Waals surface area contributed by atoms with Gasteiger partial charge < -0.3 is 15.1 Å². The summed E-state index contributed by atoms with van der Waals surface area (Å²) in [5, 5.41) is 14.6. The van der Waals surface area contributed by atoms with Crippen molar-refractivity contribution in [2.24, 2.45) is 0 Å². The number of piperazine rings is 1. The van der Waals surface area contributed by atoms with Crippen molar-refractivity contribution in [1.82, 2.24) is 9.80 Å². The summed E-state index contributed by atoms with van der Waals surface area (Å²) >= 11 is 12.0. The Balaban J connectivity index is 1.39. The molecule has 1 fully saturated rings. The highest BCUT2D eigenvalue weighted by Crippen LogP contribution is 2.21. The van der Waals surface area contributed by atoms with Crippen LogP contribution in [-0.2, 0) is 4.79 Å². The minimum absolute atomic E-state index is 0.0387. The number of carbonyl (C=O) groups is 2. The van der Waals surface area contributed by atoms with E-state index >= 15 is 0 Å². The van der Waals surface area contributed by atoms with Gasteiger partial charge in [0.2, 0.25) is 5.91 Å². The SMILES string of the molecule is O=C(CCCNc1ccc([N+](=O)[O-])cc1)N1CCN(C(=O)c2cc(Cl)cc(Cl)c2)CC1. The van der Waals surface area contributed by atoms with Crippen LogP contribution in [0.25, 0.3) is 0 Å². The van der Waals surface area contributed by atoms with Gasteiger partial charge in [-0.3, -0.25) is 19.7 Å². The molecule has 2 aromatic carbocycles. The fourth-order valence-corrected chi connectivity index (χ4v) is 3.88. The molecular formula is C21H22Cl2N4O4. The van der Waals surface area contributed by atoms with Crippen molar-refractivity contribution in [3.8, 4) is 0 Å². The molecule has 0 aromatic heterocycles. The van der Waals surface area contributed by atoms with Crippen molar-refractivity contribution in [2.75, 3.05) is 38.0 Å². The van der Waals surface area contributed by atoms with Gasteiger partial charge in [0, 0.05) is 72.6 Å². The third-order valence-electron chi connectivity index (χ3n) is 5.00. The Morgan fingerprint density at radius 1 is 0.968 bits per heavy atom. The number of hydrogen-bond acceptors (Lipinski definition) is 5. The average Bonchev–Trinajstić information content (AvgIpc) is 2.76. The number of amides is 2. The van der Waals surface area contributed by atoms with Crippen LogP contribution in [0.4, 0.5) is 11.4 Å². The molecule has 1 heterocycles. The highest BCUT2D eigenvalue weighted by atomic mass is 35.5. The lowest BCUT2D eigenvalue weighted by Gasteiger charge is -2.35. The number of hydrogen-bond donors (Lipinski definition) is 1. The van der Waals surface area contributed by atoms with Crippen LogP contribution >= 0.6 is 23.2 Å². The summed E-state index contributed by atoms with van der Waals surface area (Å²) < 4.78 is 0. The van der Waals surface area contributed by atoms with E-state index in [-0.39, 0.29) is 17.5 Å². The fraction of sp³-hybridized carbons (Fsp3) is 0.333. The van der Waals surface area contributed by atoms with Crippen LogP contribution in [0.15, 0.2) is 42.5 Å². The second kappa shape index (κ2) is 10.5. The zero-order valence-electron chi connectivity index (χ0n) is 16.7. The van der Waals surface area contributed by atoms with Gasteiger partial charge in [0.15, 0.2) is 0 Å². The predicted octanol–water partition coefficient (Wildman–Crippen LogP) is 4.08. The Morgan fingerprint density at radius 3 is 2.13 bits per heavy atom. The lowest BCUT2D eigenvalue weighted by atomic mass is 10.1. The third kappa shape index (κ3) is 6.32. The van der Waals surface area contributed by atoms with Gasteiger partial charge in [-0.25, -0.2) is 0 Å². The van der Waals surface area contributed by atoms with Crippen molar-refractivity contribution < 1.29 is 14.5 Å². The van der Waals surface area contributed by atoms with E-state index in [9.17, 15) is 19.7 Å². The smallest absolute Gasteiger partial charge is 0.269 e. The van der Waals surface area contributed by atoms with Gasteiger partial charge in [0.1, 0.15) is 0 Å². The number of carbonyl (C=O) groups excluding carboxylic acids is 2. The normalized spacial score (nSPS) is 13.7. The molecule has 1 saturated heterocycles. The van der Waals surface area contributed by atoms with E-state index in [1.807, 2.05) is 0 Å². The molecule has 0 saturated carbocycles. The third-order valence-corrected chi connectivity index (χ3v) is 5.44. The van der Waals surface area contributed by atoms with Gasteiger partial charge in [-0.2, -0.15) is 0 Å². The maximum atomic E-state index is 12.6. The van der Waals surface area contributed by atoms with Gasteiger partial charge in [-0.1, -0.05) is 23.2 Å². The minimum Gasteiger partial charge on any atom is -0.385 e. The largest absolute Gasteiger partial charge is 0.385 e. The van der Waals surface area contributed by atoms with Crippen molar-refractivity contribution >= 4 is 46.4 Å². The van der Waals surface area contributed by atoms with E-state index in [1.165, 1.54) is 12.1 Å². The van der Waals surface area contributed by atoms with E-state index < -0.39 is 4.92 Å². The van der Waals surface area contributed by atoms with Crippen LogP contribution in [0.1, 0.15) is 23.2 Å². The Morgan fingerprint density at radius 2 is 1.55 bits per heavy atom. The maximum absolute atomic E-state index is 12.6. The first-order chi connectivity index (χ1) is 14.8. The van der Waals surface area contributed by atoms with Crippen molar-refractivity contribution in [2.45, 2.75) is 12.8 Å². The van der Waals surface area contributed by atoms with Crippen LogP contribution < -0.4 is 5.32 Å². The van der Waals surface area contributed by atoms with Gasteiger partial charge in [-0.05, 0) is 36.8 Å². The lowest BCUT2D eigenvalue weighted by Crippen LogP contribution is -2.50. The molecule has 8 nitrogen and oxygen atoms in total. The number of anilines is 1. The molecule has 10 heteroatoms. The molecule has 0 unspecified atom stereocenters. The first-order valence-electron chi connectivity index (χ1n) is 9.85. The molecule has 31 heavy (non-hydrogen) atoms. The average molecular weight is 465 g/mol. The lowest BCUT2D eigenvalue weighted by molar-refractivity contribution is -0.384. The molecule has 0 atom stereocenters. The Bertz CT molecular complexity index is 940. The van der Waals surface area contributed by atoms with Gasteiger partial charge in [-0.15, -0.1) is 0 Å². The van der Waals surface area contributed by atoms with E-state index in [1.54, 1.807) is 40.1 Å². The number of nitro groups is 1. The minimum atomic E-state index is -0.445. The second-order valence-electron chi connectivity index (χ2n) is 7.17. The van der Waals surface area contributed by atoms with Crippen LogP contribution in [0, 0.1) is 10.1 Å². The zero-order valence-corrected chi connectivity index (χ0v) is 18.2. The van der Waals surface area contributed by atoms with E-state index in [4.69, 9.17) is 23.2 Å². The van der Waals surface area contributed by atoms with Gasteiger partial charge in [0.05, 0.1) is 4.92 Å². The molecule has 1 aliphatic heterocycles. The molecule has 0 bridgehead atoms. The van der Waals surface area contributed by atoms with Crippen LogP contribution in [0.5, 0.6) is 0 Å². The molecule has 1 aliphatic rings. The summed E-state index contributed by atoms with van der Waals surface area (Å²) in [6, 6.07) is 10.9. The predicted molar refractivity (Wildman–Crippen MR) is 120 cm³/mol. The van der Waals surface area contributed by atoms with Crippen LogP contribution in [0.3, 0.4) is 0 Å². The fourth-order valence-electron chi connectivity index (χ4n) is 3.35. The molecule has 164 valence electrons. The summed E-state index contributed by atoms with van der Waals surface area (Å²) in [6.07, 6.45) is 1.02. The molecule has 1 N–H and O–H groups in total. The molecule has 2 amide bonds. The van der Waals surface area contributed by atoms with Crippen molar-refractivity contribution in [3.63, 3.8) is 0 Å². The highest BCUT2D eigenvalue weighted by Gasteiger charge is 2.25. The van der Waals surface area contributed by atoms with Gasteiger partial charge >= 0.3 is 0 Å². The van der Waals surface area contributed by atoms with Crippen molar-refractivity contribution in [1.29, 1.82) is 0 Å². The Labute approximate surface area is 189 Å². The summed E-state index contributed by atoms with van der Waals surface area (Å²) in [5.41, 5.74) is 1.25. The summed E-state index contributed by atoms with van der Waals surface area (Å²) in [7, 11) is 0. The Kier molecular flexibility index (Phi) is 7.70.